The van der Waals surface area contributed by atoms with Gasteiger partial charge in [-0.2, -0.15) is 15.0 Å². The van der Waals surface area contributed by atoms with Crippen LogP contribution in [-0.2, 0) is 23.1 Å². The first-order valence-electron chi connectivity index (χ1n) is 17.6. The lowest BCUT2D eigenvalue weighted by molar-refractivity contribution is -0.130. The number of hydrogen-bond donors (Lipinski definition) is 3. The number of aryl methyl sites for hydroxylation is 2. The third-order valence-corrected chi connectivity index (χ3v) is 10.7. The second kappa shape index (κ2) is 14.4. The molecule has 11 nitrogen and oxygen atoms in total. The molecule has 3 N–H and O–H groups in total. The molecule has 2 heterocycles. The molecule has 3 atom stereocenters. The minimum absolute atomic E-state index is 0.0117. The summed E-state index contributed by atoms with van der Waals surface area (Å²) in [5.74, 6) is -0.361. The van der Waals surface area contributed by atoms with E-state index in [4.69, 9.17) is 9.51 Å². The first-order chi connectivity index (χ1) is 23.7. The molecule has 3 aromatic rings. The zero-order valence-electron chi connectivity index (χ0n) is 28.8. The molecule has 2 aliphatic carbocycles. The maximum absolute atomic E-state index is 13.3. The van der Waals surface area contributed by atoms with Crippen molar-refractivity contribution in [1.29, 1.82) is 5.26 Å². The molecule has 2 amide bonds. The topological polar surface area (TPSA) is 145 Å². The third-order valence-electron chi connectivity index (χ3n) is 10.7. The van der Waals surface area contributed by atoms with Gasteiger partial charge in [-0.25, -0.2) is 4.79 Å². The van der Waals surface area contributed by atoms with Crippen molar-refractivity contribution in [2.45, 2.75) is 94.7 Å². The van der Waals surface area contributed by atoms with Crippen LogP contribution in [0, 0.1) is 11.3 Å². The molecule has 1 aliphatic heterocycles. The molecule has 1 saturated heterocycles. The minimum Gasteiger partial charge on any atom is -0.388 e. The summed E-state index contributed by atoms with van der Waals surface area (Å²) in [7, 11) is 3.47. The molecule has 0 radical (unpaired) electrons. The van der Waals surface area contributed by atoms with Gasteiger partial charge in [0.2, 0.25) is 5.91 Å². The number of fused-ring (bicyclic) bond motifs is 2. The van der Waals surface area contributed by atoms with E-state index in [0.29, 0.717) is 43.6 Å². The summed E-state index contributed by atoms with van der Waals surface area (Å²) in [6, 6.07) is 13.8. The summed E-state index contributed by atoms with van der Waals surface area (Å²) in [5.41, 5.74) is 5.40. The quantitative estimate of drug-likeness (QED) is 0.292. The van der Waals surface area contributed by atoms with Crippen molar-refractivity contribution in [3.8, 4) is 6.07 Å². The van der Waals surface area contributed by atoms with E-state index in [0.717, 1.165) is 72.0 Å². The fraction of sp³-hybridized carbons (Fsp3) is 0.500. The van der Waals surface area contributed by atoms with Crippen LogP contribution in [0.5, 0.6) is 0 Å². The Bertz CT molecular complexity index is 1760. The van der Waals surface area contributed by atoms with Crippen LogP contribution in [0.3, 0.4) is 0 Å². The molecule has 2 aromatic carbocycles. The summed E-state index contributed by atoms with van der Waals surface area (Å²) < 4.78 is 7.77. The van der Waals surface area contributed by atoms with Gasteiger partial charge in [0.25, 0.3) is 5.91 Å². The van der Waals surface area contributed by atoms with E-state index in [-0.39, 0.29) is 30.4 Å². The van der Waals surface area contributed by atoms with Gasteiger partial charge in [0, 0.05) is 37.9 Å². The number of carbonyl (C=O) groups excluding carboxylic acids is 2. The second-order valence-corrected chi connectivity index (χ2v) is 13.7. The lowest BCUT2D eigenvalue weighted by Crippen LogP contribution is -2.46. The molecule has 1 saturated carbocycles. The molecule has 6 rings (SSSR count). The van der Waals surface area contributed by atoms with Gasteiger partial charge in [-0.05, 0) is 97.9 Å². The van der Waals surface area contributed by atoms with Crippen molar-refractivity contribution in [1.82, 2.24) is 30.6 Å². The smallest absolute Gasteiger partial charge is 0.388 e. The van der Waals surface area contributed by atoms with Crippen molar-refractivity contribution in [3.05, 3.63) is 92.7 Å². The summed E-state index contributed by atoms with van der Waals surface area (Å²) >= 11 is 0. The molecular weight excluding hydrogens is 618 g/mol. The zero-order chi connectivity index (χ0) is 34.7. The van der Waals surface area contributed by atoms with Gasteiger partial charge in [0.1, 0.15) is 6.04 Å². The van der Waals surface area contributed by atoms with Gasteiger partial charge in [-0.3, -0.25) is 9.59 Å². The second-order valence-electron chi connectivity index (χ2n) is 13.7. The van der Waals surface area contributed by atoms with Gasteiger partial charge in [-0.1, -0.05) is 44.0 Å². The van der Waals surface area contributed by atoms with Crippen molar-refractivity contribution in [2.75, 3.05) is 27.2 Å². The van der Waals surface area contributed by atoms with Crippen molar-refractivity contribution in [3.63, 3.8) is 0 Å². The van der Waals surface area contributed by atoms with Gasteiger partial charge in [0.15, 0.2) is 5.82 Å². The average molecular weight is 666 g/mol. The Morgan fingerprint density at radius 3 is 2.35 bits per heavy atom. The van der Waals surface area contributed by atoms with Crippen molar-refractivity contribution < 1.29 is 14.1 Å². The Labute approximate surface area is 287 Å². The predicted molar refractivity (Wildman–Crippen MR) is 187 cm³/mol. The number of aromatic nitrogens is 2. The Morgan fingerprint density at radius 1 is 1.02 bits per heavy atom. The molecule has 0 bridgehead atoms. The molecule has 1 aromatic heterocycles. The number of hydrogen-bond acceptors (Lipinski definition) is 8. The summed E-state index contributed by atoms with van der Waals surface area (Å²) in [4.78, 5) is 45.8. The fourth-order valence-electron chi connectivity index (χ4n) is 8.24. The van der Waals surface area contributed by atoms with Gasteiger partial charge in [0.05, 0.1) is 24.1 Å². The molecule has 2 fully saturated rings. The minimum atomic E-state index is -0.968. The molecule has 2 unspecified atom stereocenters. The first-order valence-corrected chi connectivity index (χ1v) is 17.6. The Kier molecular flexibility index (Phi) is 10.1. The van der Waals surface area contributed by atoms with E-state index in [2.05, 4.69) is 46.8 Å². The van der Waals surface area contributed by atoms with Gasteiger partial charge < -0.3 is 25.4 Å². The number of amides is 2. The molecule has 49 heavy (non-hydrogen) atoms. The lowest BCUT2D eigenvalue weighted by Gasteiger charge is -2.39. The van der Waals surface area contributed by atoms with Crippen molar-refractivity contribution >= 4 is 17.5 Å². The van der Waals surface area contributed by atoms with E-state index >= 15 is 0 Å². The molecular formula is C38H47N7O4. The fourth-order valence-corrected chi connectivity index (χ4v) is 8.24. The largest absolute Gasteiger partial charge is 0.459 e. The van der Waals surface area contributed by atoms with Crippen molar-refractivity contribution in [2.24, 2.45) is 0 Å². The Morgan fingerprint density at radius 2 is 1.69 bits per heavy atom. The van der Waals surface area contributed by atoms with Crippen LogP contribution in [0.1, 0.15) is 108 Å². The predicted octanol–water partition coefficient (Wildman–Crippen LogP) is 4.21. The molecule has 3 aliphatic rings. The van der Waals surface area contributed by atoms with E-state index in [1.54, 1.807) is 16.7 Å². The molecule has 11 heteroatoms. The van der Waals surface area contributed by atoms with Gasteiger partial charge >= 0.3 is 5.76 Å². The van der Waals surface area contributed by atoms with E-state index in [1.165, 1.54) is 0 Å². The Balaban J connectivity index is 1.53. The highest BCUT2D eigenvalue weighted by Crippen LogP contribution is 2.49. The average Bonchev–Trinajstić information content (AvgIpc) is 3.75. The highest BCUT2D eigenvalue weighted by atomic mass is 16.5. The number of rotatable bonds is 10. The number of nitrogens with one attached hydrogen (secondary N) is 3. The highest BCUT2D eigenvalue weighted by molar-refractivity contribution is 5.94. The van der Waals surface area contributed by atoms with Crippen LogP contribution in [0.15, 0.2) is 52.3 Å². The number of likely N-dealkylation sites (tertiary alicyclic amines) is 1. The number of nitriles is 1. The van der Waals surface area contributed by atoms with Crippen LogP contribution in [-0.4, -0.2) is 65.7 Å². The number of carbonyl (C=O) groups is 2. The summed E-state index contributed by atoms with van der Waals surface area (Å²) in [6.45, 7) is 6.92. The maximum atomic E-state index is 13.3. The van der Waals surface area contributed by atoms with Crippen LogP contribution < -0.4 is 21.7 Å². The SMILES string of the molecule is C=C(NC)c1ccc2c(c1)CCc1cc(C(=O)NC)ccc1C2(C[C@@H](C)NCC(=O)N1CCCC1C#N)c1nc(=O)on1C1CCCCC1. The van der Waals surface area contributed by atoms with Crippen LogP contribution in [0.2, 0.25) is 0 Å². The van der Waals surface area contributed by atoms with Gasteiger partial charge in [-0.15, -0.1) is 0 Å². The summed E-state index contributed by atoms with van der Waals surface area (Å²) in [6.07, 6.45) is 8.32. The monoisotopic (exact) mass is 665 g/mol. The normalized spacial score (nSPS) is 21.2. The maximum Gasteiger partial charge on any atom is 0.459 e. The van der Waals surface area contributed by atoms with Crippen LogP contribution in [0.4, 0.5) is 0 Å². The number of benzene rings is 2. The standard InChI is InChI=1S/C38H47N7O4/c1-24(42-23-34(46)44-18-8-11-31(44)22-39)21-38(36-43-37(48)49-45(36)30-9-6-5-7-10-30)32-16-14-26(25(2)40-3)19-27(32)12-13-28-20-29(35(47)41-4)15-17-33(28)38/h14-17,19-20,24,30-31,40,42H,2,5-13,18,21,23H2,1,3-4H3,(H,41,47)/t24-,31?,38?/m1/s1. The first kappa shape index (κ1) is 34.2. The summed E-state index contributed by atoms with van der Waals surface area (Å²) in [5, 5.41) is 19.0. The molecule has 0 spiro atoms. The van der Waals surface area contributed by atoms with Crippen LogP contribution in [0.25, 0.3) is 5.70 Å². The lowest BCUT2D eigenvalue weighted by atomic mass is 9.67. The number of nitrogens with zero attached hydrogens (tertiary/aromatic N) is 4. The molecule has 258 valence electrons. The van der Waals surface area contributed by atoms with E-state index < -0.39 is 17.2 Å². The zero-order valence-corrected chi connectivity index (χ0v) is 28.8. The third kappa shape index (κ3) is 6.54. The Hall–Kier alpha value is -4.69. The van der Waals surface area contributed by atoms with E-state index in [9.17, 15) is 19.6 Å². The van der Waals surface area contributed by atoms with Crippen LogP contribution >= 0.6 is 0 Å². The highest BCUT2D eigenvalue weighted by Gasteiger charge is 2.47. The van der Waals surface area contributed by atoms with E-state index in [1.807, 2.05) is 32.2 Å².